The molecular weight excluding hydrogens is 245 g/mol. The van der Waals surface area contributed by atoms with Gasteiger partial charge in [0.1, 0.15) is 5.82 Å². The molecule has 1 heterocycles. The number of amides is 2. The van der Waals surface area contributed by atoms with Gasteiger partial charge in [0.25, 0.3) is 0 Å². The molecule has 5 heteroatoms. The smallest absolute Gasteiger partial charge is 0.321 e. The minimum atomic E-state index is -0.299. The van der Waals surface area contributed by atoms with Gasteiger partial charge >= 0.3 is 6.03 Å². The van der Waals surface area contributed by atoms with E-state index in [9.17, 15) is 9.18 Å². The van der Waals surface area contributed by atoms with E-state index >= 15 is 0 Å². The zero-order valence-electron chi connectivity index (χ0n) is 11.0. The van der Waals surface area contributed by atoms with E-state index < -0.39 is 0 Å². The lowest BCUT2D eigenvalue weighted by atomic mass is 10.2. The van der Waals surface area contributed by atoms with E-state index in [1.165, 1.54) is 12.3 Å². The first kappa shape index (κ1) is 13.5. The standard InChI is InChI=1S/C14H18FN3O/c1-17-8-10-18(11-9-17)14(19)16-7-6-12-4-2-3-5-13(12)15/h2-7H,8-11H2,1H3,(H,16,19)/b7-6+. The van der Waals surface area contributed by atoms with Crippen LogP contribution in [-0.2, 0) is 0 Å². The van der Waals surface area contributed by atoms with Crippen LogP contribution in [-0.4, -0.2) is 49.1 Å². The number of nitrogens with zero attached hydrogens (tertiary/aromatic N) is 2. The van der Waals surface area contributed by atoms with Crippen molar-refractivity contribution in [1.82, 2.24) is 15.1 Å². The third-order valence-electron chi connectivity index (χ3n) is 3.17. The second-order valence-electron chi connectivity index (χ2n) is 4.59. The van der Waals surface area contributed by atoms with Gasteiger partial charge in [0.05, 0.1) is 0 Å². The number of benzene rings is 1. The van der Waals surface area contributed by atoms with Gasteiger partial charge in [-0.15, -0.1) is 0 Å². The maximum Gasteiger partial charge on any atom is 0.321 e. The Kier molecular flexibility index (Phi) is 4.52. The summed E-state index contributed by atoms with van der Waals surface area (Å²) in [4.78, 5) is 15.8. The third kappa shape index (κ3) is 3.79. The fourth-order valence-electron chi connectivity index (χ4n) is 1.91. The van der Waals surface area contributed by atoms with Gasteiger partial charge in [0.15, 0.2) is 0 Å². The molecule has 1 aromatic carbocycles. The summed E-state index contributed by atoms with van der Waals surface area (Å²) in [6.07, 6.45) is 3.04. The van der Waals surface area contributed by atoms with Crippen molar-refractivity contribution in [2.75, 3.05) is 33.2 Å². The van der Waals surface area contributed by atoms with Crippen molar-refractivity contribution < 1.29 is 9.18 Å². The topological polar surface area (TPSA) is 35.6 Å². The molecule has 102 valence electrons. The average molecular weight is 263 g/mol. The maximum absolute atomic E-state index is 13.3. The number of likely N-dealkylation sites (N-methyl/N-ethyl adjacent to an activating group) is 1. The summed E-state index contributed by atoms with van der Waals surface area (Å²) in [6, 6.07) is 6.30. The van der Waals surface area contributed by atoms with Crippen molar-refractivity contribution in [3.8, 4) is 0 Å². The number of rotatable bonds is 2. The highest BCUT2D eigenvalue weighted by molar-refractivity contribution is 5.76. The summed E-state index contributed by atoms with van der Waals surface area (Å²) in [5.41, 5.74) is 0.459. The lowest BCUT2D eigenvalue weighted by Crippen LogP contribution is -2.49. The van der Waals surface area contributed by atoms with Crippen molar-refractivity contribution in [1.29, 1.82) is 0 Å². The molecule has 1 aliphatic rings. The van der Waals surface area contributed by atoms with Gasteiger partial charge in [-0.05, 0) is 19.2 Å². The van der Waals surface area contributed by atoms with Crippen molar-refractivity contribution in [3.63, 3.8) is 0 Å². The molecule has 1 aliphatic heterocycles. The van der Waals surface area contributed by atoms with Gasteiger partial charge in [-0.1, -0.05) is 18.2 Å². The van der Waals surface area contributed by atoms with Gasteiger partial charge < -0.3 is 15.1 Å². The van der Waals surface area contributed by atoms with Crippen molar-refractivity contribution in [2.24, 2.45) is 0 Å². The highest BCUT2D eigenvalue weighted by atomic mass is 19.1. The number of halogens is 1. The molecule has 1 fully saturated rings. The summed E-state index contributed by atoms with van der Waals surface area (Å²) in [7, 11) is 2.04. The van der Waals surface area contributed by atoms with Crippen LogP contribution in [0.25, 0.3) is 6.08 Å². The van der Waals surface area contributed by atoms with Gasteiger partial charge in [0, 0.05) is 37.9 Å². The molecule has 0 spiro atoms. The molecule has 0 aliphatic carbocycles. The van der Waals surface area contributed by atoms with E-state index in [4.69, 9.17) is 0 Å². The Balaban J connectivity index is 1.85. The fraction of sp³-hybridized carbons (Fsp3) is 0.357. The Morgan fingerprint density at radius 2 is 1.95 bits per heavy atom. The quantitative estimate of drug-likeness (QED) is 0.882. The zero-order chi connectivity index (χ0) is 13.7. The molecule has 0 atom stereocenters. The molecule has 1 N–H and O–H groups in total. The van der Waals surface area contributed by atoms with Crippen LogP contribution < -0.4 is 5.32 Å². The Labute approximate surface area is 112 Å². The van der Waals surface area contributed by atoms with Crippen LogP contribution in [0.4, 0.5) is 9.18 Å². The molecule has 0 bridgehead atoms. The number of carbonyl (C=O) groups excluding carboxylic acids is 1. The molecule has 0 radical (unpaired) electrons. The van der Waals surface area contributed by atoms with Gasteiger partial charge in [-0.2, -0.15) is 0 Å². The lowest BCUT2D eigenvalue weighted by molar-refractivity contribution is 0.157. The Hall–Kier alpha value is -1.88. The predicted molar refractivity (Wildman–Crippen MR) is 73.0 cm³/mol. The molecule has 0 unspecified atom stereocenters. The average Bonchev–Trinajstić information content (AvgIpc) is 2.41. The van der Waals surface area contributed by atoms with Crippen LogP contribution in [0.1, 0.15) is 5.56 Å². The summed E-state index contributed by atoms with van der Waals surface area (Å²) in [5, 5.41) is 2.66. The zero-order valence-corrected chi connectivity index (χ0v) is 11.0. The first-order valence-electron chi connectivity index (χ1n) is 6.32. The van der Waals surface area contributed by atoms with E-state index in [2.05, 4.69) is 10.2 Å². The van der Waals surface area contributed by atoms with Crippen LogP contribution in [0, 0.1) is 5.82 Å². The van der Waals surface area contributed by atoms with Gasteiger partial charge in [-0.3, -0.25) is 0 Å². The summed E-state index contributed by atoms with van der Waals surface area (Å²) >= 11 is 0. The summed E-state index contributed by atoms with van der Waals surface area (Å²) in [5.74, 6) is -0.299. The molecule has 2 rings (SSSR count). The monoisotopic (exact) mass is 263 g/mol. The van der Waals surface area contributed by atoms with Crippen molar-refractivity contribution >= 4 is 12.1 Å². The van der Waals surface area contributed by atoms with Crippen LogP contribution in [0.2, 0.25) is 0 Å². The largest absolute Gasteiger partial charge is 0.322 e. The van der Waals surface area contributed by atoms with Crippen LogP contribution >= 0.6 is 0 Å². The van der Waals surface area contributed by atoms with Crippen LogP contribution in [0.3, 0.4) is 0 Å². The van der Waals surface area contributed by atoms with Crippen molar-refractivity contribution in [3.05, 3.63) is 41.8 Å². The highest BCUT2D eigenvalue weighted by Crippen LogP contribution is 2.07. The molecule has 1 saturated heterocycles. The molecule has 2 amide bonds. The number of urea groups is 1. The van der Waals surface area contributed by atoms with E-state index in [1.54, 1.807) is 29.2 Å². The predicted octanol–water partition coefficient (Wildman–Crippen LogP) is 1.75. The summed E-state index contributed by atoms with van der Waals surface area (Å²) < 4.78 is 13.3. The van der Waals surface area contributed by atoms with Crippen molar-refractivity contribution in [2.45, 2.75) is 0 Å². The van der Waals surface area contributed by atoms with E-state index in [1.807, 2.05) is 7.05 Å². The fourth-order valence-corrected chi connectivity index (χ4v) is 1.91. The first-order chi connectivity index (χ1) is 9.16. The van der Waals surface area contributed by atoms with E-state index in [0.29, 0.717) is 5.56 Å². The SMILES string of the molecule is CN1CCN(C(=O)N/C=C/c2ccccc2F)CC1. The minimum absolute atomic E-state index is 0.138. The molecule has 1 aromatic rings. The Morgan fingerprint density at radius 1 is 1.26 bits per heavy atom. The highest BCUT2D eigenvalue weighted by Gasteiger charge is 2.17. The van der Waals surface area contributed by atoms with E-state index in [-0.39, 0.29) is 11.8 Å². The van der Waals surface area contributed by atoms with Crippen LogP contribution in [0.5, 0.6) is 0 Å². The number of carbonyl (C=O) groups is 1. The Morgan fingerprint density at radius 3 is 2.63 bits per heavy atom. The molecule has 4 nitrogen and oxygen atoms in total. The molecule has 19 heavy (non-hydrogen) atoms. The summed E-state index contributed by atoms with van der Waals surface area (Å²) in [6.45, 7) is 3.20. The normalized spacial score (nSPS) is 16.8. The van der Waals surface area contributed by atoms with Crippen LogP contribution in [0.15, 0.2) is 30.5 Å². The number of hydrogen-bond donors (Lipinski definition) is 1. The maximum atomic E-state index is 13.3. The van der Waals surface area contributed by atoms with E-state index in [0.717, 1.165) is 26.2 Å². The molecule has 0 aromatic heterocycles. The first-order valence-corrected chi connectivity index (χ1v) is 6.32. The second-order valence-corrected chi connectivity index (χ2v) is 4.59. The molecular formula is C14H18FN3O. The number of nitrogens with one attached hydrogen (secondary N) is 1. The lowest BCUT2D eigenvalue weighted by Gasteiger charge is -2.31. The third-order valence-corrected chi connectivity index (χ3v) is 3.17. The minimum Gasteiger partial charge on any atom is -0.322 e. The second kappa shape index (κ2) is 6.33. The number of piperazine rings is 1. The van der Waals surface area contributed by atoms with Gasteiger partial charge in [0.2, 0.25) is 0 Å². The van der Waals surface area contributed by atoms with Gasteiger partial charge in [-0.25, -0.2) is 9.18 Å². The Bertz CT molecular complexity index is 468. The number of hydrogen-bond acceptors (Lipinski definition) is 2. The molecule has 0 saturated carbocycles.